The number of hydrogen-bond acceptors (Lipinski definition) is 3. The summed E-state index contributed by atoms with van der Waals surface area (Å²) in [6.45, 7) is 4.52. The monoisotopic (exact) mass is 804 g/mol. The molecule has 2 aliphatic heterocycles. The van der Waals surface area contributed by atoms with Gasteiger partial charge >= 0.3 is 0 Å². The van der Waals surface area contributed by atoms with Crippen LogP contribution in [0.5, 0.6) is 0 Å². The minimum Gasteiger partial charge on any atom is -0.311 e. The molecule has 0 saturated carbocycles. The Morgan fingerprint density at radius 3 is 1.32 bits per heavy atom. The van der Waals surface area contributed by atoms with Gasteiger partial charge in [0.2, 0.25) is 0 Å². The van der Waals surface area contributed by atoms with Gasteiger partial charge in [-0.3, -0.25) is 0 Å². The molecular weight excluding hydrogens is 768 g/mol. The molecule has 11 aromatic carbocycles. The molecule has 12 aromatic rings. The Morgan fingerprint density at radius 2 is 0.758 bits per heavy atom. The van der Waals surface area contributed by atoms with Crippen molar-refractivity contribution in [1.82, 2.24) is 0 Å². The SMILES string of the molecule is Cc1ccc2c(c1)B1c3c(cccc3N(c3cccc4c5ccccc5c5ccccc5c34)c3sc4ccc(C)cc4c31)N2c1cccc2c3ccccc3c3ccccc3c12. The van der Waals surface area contributed by atoms with Crippen LogP contribution < -0.4 is 26.2 Å². The number of rotatable bonds is 2. The fourth-order valence-corrected chi connectivity index (χ4v) is 12.7. The zero-order valence-electron chi connectivity index (χ0n) is 34.3. The summed E-state index contributed by atoms with van der Waals surface area (Å²) < 4.78 is 1.32. The number of aryl methyl sites for hydroxylation is 2. The van der Waals surface area contributed by atoms with Crippen molar-refractivity contribution in [2.24, 2.45) is 0 Å². The van der Waals surface area contributed by atoms with E-state index in [1.165, 1.54) is 136 Å². The van der Waals surface area contributed by atoms with Gasteiger partial charge in [0.1, 0.15) is 0 Å². The van der Waals surface area contributed by atoms with E-state index in [0.29, 0.717) is 0 Å². The molecule has 0 radical (unpaired) electrons. The molecule has 3 heterocycles. The quantitative estimate of drug-likeness (QED) is 0.127. The van der Waals surface area contributed by atoms with E-state index in [1.54, 1.807) is 0 Å². The Morgan fingerprint density at radius 1 is 0.339 bits per heavy atom. The predicted molar refractivity (Wildman–Crippen MR) is 270 cm³/mol. The molecule has 1 aromatic heterocycles. The summed E-state index contributed by atoms with van der Waals surface area (Å²) in [6, 6.07) is 71.0. The van der Waals surface area contributed by atoms with Crippen molar-refractivity contribution < 1.29 is 0 Å². The molecule has 0 atom stereocenters. The first-order valence-corrected chi connectivity index (χ1v) is 22.4. The Hall–Kier alpha value is -7.40. The minimum absolute atomic E-state index is 0.0363. The van der Waals surface area contributed by atoms with Crippen LogP contribution >= 0.6 is 11.3 Å². The minimum atomic E-state index is 0.0363. The second kappa shape index (κ2) is 12.6. The first-order chi connectivity index (χ1) is 30.6. The van der Waals surface area contributed by atoms with Gasteiger partial charge < -0.3 is 9.80 Å². The van der Waals surface area contributed by atoms with Gasteiger partial charge in [-0.15, -0.1) is 11.3 Å². The fourth-order valence-electron chi connectivity index (χ4n) is 11.4. The lowest BCUT2D eigenvalue weighted by Crippen LogP contribution is -2.61. The van der Waals surface area contributed by atoms with Crippen LogP contribution in [-0.2, 0) is 0 Å². The lowest BCUT2D eigenvalue weighted by atomic mass is 9.33. The normalized spacial score (nSPS) is 13.2. The van der Waals surface area contributed by atoms with Gasteiger partial charge in [0.25, 0.3) is 6.71 Å². The van der Waals surface area contributed by atoms with Gasteiger partial charge in [-0.05, 0) is 126 Å². The van der Waals surface area contributed by atoms with Gasteiger partial charge in [0, 0.05) is 32.5 Å². The van der Waals surface area contributed by atoms with E-state index in [2.05, 4.69) is 212 Å². The van der Waals surface area contributed by atoms with Crippen molar-refractivity contribution in [3.8, 4) is 0 Å². The second-order valence-corrected chi connectivity index (χ2v) is 18.3. The van der Waals surface area contributed by atoms with Gasteiger partial charge in [0.05, 0.1) is 16.4 Å². The summed E-state index contributed by atoms with van der Waals surface area (Å²) >= 11 is 1.93. The average molecular weight is 805 g/mol. The molecule has 0 spiro atoms. The molecule has 0 fully saturated rings. The van der Waals surface area contributed by atoms with Crippen LogP contribution in [0.25, 0.3) is 74.7 Å². The lowest BCUT2D eigenvalue weighted by molar-refractivity contribution is 1.28. The maximum Gasteiger partial charge on any atom is 0.254 e. The van der Waals surface area contributed by atoms with Crippen LogP contribution in [0.15, 0.2) is 188 Å². The number of hydrogen-bond donors (Lipinski definition) is 0. The highest BCUT2D eigenvalue weighted by atomic mass is 32.1. The van der Waals surface area contributed by atoms with E-state index >= 15 is 0 Å². The first kappa shape index (κ1) is 34.3. The van der Waals surface area contributed by atoms with E-state index in [9.17, 15) is 0 Å². The highest BCUT2D eigenvalue weighted by Crippen LogP contribution is 2.52. The van der Waals surface area contributed by atoms with E-state index < -0.39 is 0 Å². The van der Waals surface area contributed by atoms with Crippen molar-refractivity contribution in [2.45, 2.75) is 13.8 Å². The molecule has 0 unspecified atom stereocenters. The van der Waals surface area contributed by atoms with Gasteiger partial charge in [-0.1, -0.05) is 163 Å². The molecular formula is C58H37BN2S. The first-order valence-electron chi connectivity index (χ1n) is 21.6. The second-order valence-electron chi connectivity index (χ2n) is 17.3. The van der Waals surface area contributed by atoms with Gasteiger partial charge in [0.15, 0.2) is 0 Å². The molecule has 0 N–H and O–H groups in total. The number of nitrogens with zero attached hydrogens (tertiary/aromatic N) is 2. The van der Waals surface area contributed by atoms with Crippen LogP contribution in [0.1, 0.15) is 11.1 Å². The molecule has 62 heavy (non-hydrogen) atoms. The topological polar surface area (TPSA) is 6.48 Å². The van der Waals surface area contributed by atoms with Gasteiger partial charge in [-0.25, -0.2) is 0 Å². The van der Waals surface area contributed by atoms with Crippen LogP contribution in [-0.4, -0.2) is 6.71 Å². The number of thiophene rings is 1. The average Bonchev–Trinajstić information content (AvgIpc) is 3.69. The van der Waals surface area contributed by atoms with Crippen molar-refractivity contribution >= 4 is 143 Å². The molecule has 0 bridgehead atoms. The van der Waals surface area contributed by atoms with E-state index in [1.807, 2.05) is 11.3 Å². The van der Waals surface area contributed by atoms with Crippen LogP contribution in [0.2, 0.25) is 0 Å². The highest BCUT2D eigenvalue weighted by molar-refractivity contribution is 7.26. The van der Waals surface area contributed by atoms with Crippen molar-refractivity contribution in [3.63, 3.8) is 0 Å². The number of fused-ring (bicyclic) bond motifs is 18. The fraction of sp³-hybridized carbons (Fsp3) is 0.0345. The third-order valence-electron chi connectivity index (χ3n) is 13.9. The number of anilines is 6. The Labute approximate surface area is 363 Å². The lowest BCUT2D eigenvalue weighted by Gasteiger charge is -2.43. The maximum atomic E-state index is 2.64. The smallest absolute Gasteiger partial charge is 0.254 e. The molecule has 0 amide bonds. The Balaban J connectivity index is 1.14. The van der Waals surface area contributed by atoms with Crippen molar-refractivity contribution in [3.05, 3.63) is 199 Å². The summed E-state index contributed by atoms with van der Waals surface area (Å²) in [5, 5.41) is 18.0. The standard InChI is InChI=1S/C58H37BN2S/c1-34-29-31-53-46(32-34)56-58(62-53)61(50-25-12-23-45-41-17-6-4-15-37(41)39-19-8-10-21-43(39)55(45)50)52-27-13-26-51-57(52)59(56)47-33-35(2)28-30-48(47)60(51)49-24-11-22-44-40-16-5-3-14-36(40)38-18-7-9-20-42(38)54(44)49/h3-33H,1-2H3. The zero-order valence-corrected chi connectivity index (χ0v) is 35.1. The molecule has 2 aliphatic rings. The predicted octanol–water partition coefficient (Wildman–Crippen LogP) is 14.5. The largest absolute Gasteiger partial charge is 0.311 e. The summed E-state index contributed by atoms with van der Waals surface area (Å²) in [4.78, 5) is 5.24. The highest BCUT2D eigenvalue weighted by Gasteiger charge is 2.45. The third-order valence-corrected chi connectivity index (χ3v) is 15.1. The van der Waals surface area contributed by atoms with E-state index in [-0.39, 0.29) is 6.71 Å². The summed E-state index contributed by atoms with van der Waals surface area (Å²) in [6.07, 6.45) is 0. The summed E-state index contributed by atoms with van der Waals surface area (Å²) in [5.41, 5.74) is 12.8. The molecule has 0 saturated heterocycles. The Bertz CT molecular complexity index is 3850. The van der Waals surface area contributed by atoms with Crippen LogP contribution in [0.4, 0.5) is 33.4 Å². The molecule has 288 valence electrons. The molecule has 4 heteroatoms. The molecule has 0 aliphatic carbocycles. The Kier molecular flexibility index (Phi) is 6.96. The van der Waals surface area contributed by atoms with Crippen molar-refractivity contribution in [2.75, 3.05) is 9.80 Å². The molecule has 2 nitrogen and oxygen atoms in total. The van der Waals surface area contributed by atoms with Gasteiger partial charge in [-0.2, -0.15) is 0 Å². The third kappa shape index (κ3) is 4.49. The number of benzene rings is 11. The maximum absolute atomic E-state index is 2.64. The van der Waals surface area contributed by atoms with Crippen LogP contribution in [0, 0.1) is 13.8 Å². The van der Waals surface area contributed by atoms with Crippen molar-refractivity contribution in [1.29, 1.82) is 0 Å². The summed E-state index contributed by atoms with van der Waals surface area (Å²) in [5.74, 6) is 0. The van der Waals surface area contributed by atoms with E-state index in [0.717, 1.165) is 0 Å². The zero-order chi connectivity index (χ0) is 40.8. The summed E-state index contributed by atoms with van der Waals surface area (Å²) in [7, 11) is 0. The van der Waals surface area contributed by atoms with Crippen LogP contribution in [0.3, 0.4) is 0 Å². The molecule has 14 rings (SSSR count). The van der Waals surface area contributed by atoms with E-state index in [4.69, 9.17) is 0 Å².